The van der Waals surface area contributed by atoms with E-state index in [4.69, 9.17) is 18.6 Å². The number of rotatable bonds is 16. The van der Waals surface area contributed by atoms with Crippen molar-refractivity contribution in [3.05, 3.63) is 133 Å². The number of benzene rings is 4. The minimum atomic E-state index is -3.21. The molecule has 0 N–H and O–H groups in total. The minimum Gasteiger partial charge on any atom is -0.484 e. The van der Waals surface area contributed by atoms with Crippen LogP contribution in [0, 0.1) is 5.92 Å². The summed E-state index contributed by atoms with van der Waals surface area (Å²) in [5, 5.41) is 2.49. The number of ketones is 1. The molecule has 296 valence electrons. The maximum absolute atomic E-state index is 14.9. The first-order valence-corrected chi connectivity index (χ1v) is 24.0. The van der Waals surface area contributed by atoms with Gasteiger partial charge in [0, 0.05) is 18.9 Å². The number of cyclic esters (lactones) is 1. The monoisotopic (exact) mass is 806 g/mol. The van der Waals surface area contributed by atoms with E-state index in [1.165, 1.54) is 11.0 Å². The smallest absolute Gasteiger partial charge is 0.416 e. The minimum absolute atomic E-state index is 0.0902. The van der Waals surface area contributed by atoms with Gasteiger partial charge in [-0.2, -0.15) is 0 Å². The fourth-order valence-corrected chi connectivity index (χ4v) is 13.1. The number of hydrogen-bond acceptors (Lipinski definition) is 9. The zero-order chi connectivity index (χ0) is 40.7. The zero-order valence-corrected chi connectivity index (χ0v) is 34.4. The lowest BCUT2D eigenvalue weighted by Crippen LogP contribution is -2.69. The first kappa shape index (κ1) is 41.1. The number of likely N-dealkylation sites (tertiary alicyclic amines) is 1. The summed E-state index contributed by atoms with van der Waals surface area (Å²) in [6, 6.07) is 34.6. The quantitative estimate of drug-likeness (QED) is 0.0358. The third kappa shape index (κ3) is 8.73. The van der Waals surface area contributed by atoms with Crippen LogP contribution < -0.4 is 20.7 Å². The van der Waals surface area contributed by atoms with Crippen LogP contribution in [0.4, 0.5) is 4.79 Å². The topological polar surface area (TPSA) is 129 Å². The number of imide groups is 1. The summed E-state index contributed by atoms with van der Waals surface area (Å²) in [6.07, 6.45) is 0.101. The lowest BCUT2D eigenvalue weighted by Gasteiger charge is -2.52. The van der Waals surface area contributed by atoms with Crippen LogP contribution in [0.1, 0.15) is 23.7 Å². The number of β-lactam (4-membered cyclic amide) rings is 1. The molecule has 0 saturated carbocycles. The molecule has 2 aliphatic rings. The van der Waals surface area contributed by atoms with Gasteiger partial charge in [-0.25, -0.2) is 14.5 Å². The van der Waals surface area contributed by atoms with Gasteiger partial charge >= 0.3 is 12.1 Å². The highest BCUT2D eigenvalue weighted by Crippen LogP contribution is 2.50. The van der Waals surface area contributed by atoms with Crippen LogP contribution in [0.2, 0.25) is 19.6 Å². The van der Waals surface area contributed by atoms with Crippen molar-refractivity contribution in [1.82, 2.24) is 9.80 Å². The highest BCUT2D eigenvalue weighted by molar-refractivity contribution is 7.96. The Labute approximate surface area is 334 Å². The molecule has 2 saturated heterocycles. The van der Waals surface area contributed by atoms with Crippen molar-refractivity contribution in [2.24, 2.45) is 5.92 Å². The van der Waals surface area contributed by atoms with Gasteiger partial charge in [-0.05, 0) is 66.7 Å². The first-order chi connectivity index (χ1) is 27.4. The Bertz CT molecular complexity index is 2070. The first-order valence-electron chi connectivity index (χ1n) is 18.8. The largest absolute Gasteiger partial charge is 0.484 e. The van der Waals surface area contributed by atoms with E-state index in [1.807, 2.05) is 118 Å². The fourth-order valence-electron chi connectivity index (χ4n) is 7.44. The molecule has 0 aromatic heterocycles. The second-order valence-corrected chi connectivity index (χ2v) is 22.5. The van der Waals surface area contributed by atoms with E-state index in [0.29, 0.717) is 11.3 Å². The van der Waals surface area contributed by atoms with Gasteiger partial charge < -0.3 is 23.5 Å². The normalized spacial score (nSPS) is 17.3. The van der Waals surface area contributed by atoms with Crippen LogP contribution in [0.3, 0.4) is 0 Å². The molecule has 6 rings (SSSR count). The van der Waals surface area contributed by atoms with Crippen molar-refractivity contribution in [2.45, 2.75) is 45.1 Å². The number of carbonyl (C=O) groups excluding carboxylic acids is 5. The molecule has 4 aromatic rings. The maximum atomic E-state index is 14.9. The molecular weight excluding hydrogens is 760 g/mol. The molecule has 3 atom stereocenters. The highest BCUT2D eigenvalue weighted by atomic mass is 31.2. The third-order valence-corrected chi connectivity index (χ3v) is 15.1. The molecule has 11 nitrogen and oxygen atoms in total. The molecule has 0 aliphatic carbocycles. The van der Waals surface area contributed by atoms with E-state index in [2.05, 4.69) is 6.58 Å². The SMILES string of the molecule is C=CCOC(=O)C(N1C(=O)[C@H]([C@@H](C)O[Si](C)(C)C)[C@H]1CC(=O)c1ccc(OCC(=O)N2CCOC2=O)cc1)=P(c1ccccc1)(c1ccccc1)c1ccccc1. The van der Waals surface area contributed by atoms with Gasteiger partial charge in [0.25, 0.3) is 5.91 Å². The summed E-state index contributed by atoms with van der Waals surface area (Å²) in [7, 11) is -2.17. The maximum Gasteiger partial charge on any atom is 0.416 e. The van der Waals surface area contributed by atoms with Crippen LogP contribution in [0.15, 0.2) is 128 Å². The Kier molecular flexibility index (Phi) is 12.8. The van der Waals surface area contributed by atoms with Gasteiger partial charge in [0.15, 0.2) is 20.7 Å². The van der Waals surface area contributed by atoms with Gasteiger partial charge in [0.05, 0.1) is 24.6 Å². The number of ether oxygens (including phenoxy) is 3. The van der Waals surface area contributed by atoms with E-state index >= 15 is 0 Å². The molecule has 0 radical (unpaired) electrons. The zero-order valence-electron chi connectivity index (χ0n) is 32.5. The highest BCUT2D eigenvalue weighted by Gasteiger charge is 2.56. The number of carbonyl (C=O) groups is 5. The van der Waals surface area contributed by atoms with Crippen LogP contribution in [0.5, 0.6) is 5.75 Å². The number of Topliss-reactive ketones (excluding diaryl/α,β-unsaturated/α-hetero) is 1. The van der Waals surface area contributed by atoms with Crippen LogP contribution in [-0.2, 0) is 28.3 Å². The van der Waals surface area contributed by atoms with Crippen molar-refractivity contribution in [2.75, 3.05) is 26.4 Å². The van der Waals surface area contributed by atoms with Crippen molar-refractivity contribution in [3.8, 4) is 5.75 Å². The average molecular weight is 807 g/mol. The average Bonchev–Trinajstić information content (AvgIpc) is 3.65. The summed E-state index contributed by atoms with van der Waals surface area (Å²) in [5.41, 5.74) is 0.516. The van der Waals surface area contributed by atoms with E-state index in [-0.39, 0.29) is 49.9 Å². The summed E-state index contributed by atoms with van der Waals surface area (Å²) < 4.78 is 22.9. The van der Waals surface area contributed by atoms with E-state index < -0.39 is 51.2 Å². The summed E-state index contributed by atoms with van der Waals surface area (Å²) in [5.74, 6) is -2.23. The van der Waals surface area contributed by atoms with E-state index in [9.17, 15) is 24.0 Å². The Morgan fingerprint density at radius 2 is 1.40 bits per heavy atom. The Morgan fingerprint density at radius 3 is 1.88 bits per heavy atom. The lowest BCUT2D eigenvalue weighted by atomic mass is 9.79. The molecule has 2 aliphatic heterocycles. The summed E-state index contributed by atoms with van der Waals surface area (Å²) in [6.45, 7) is 8.36. The predicted octanol–water partition coefficient (Wildman–Crippen LogP) is 5.54. The number of esters is 1. The Morgan fingerprint density at radius 1 is 0.860 bits per heavy atom. The predicted molar refractivity (Wildman–Crippen MR) is 223 cm³/mol. The molecule has 57 heavy (non-hydrogen) atoms. The van der Waals surface area contributed by atoms with Gasteiger partial charge in [0.2, 0.25) is 5.91 Å². The molecular formula is C44H47N2O9PSi. The number of amides is 3. The lowest BCUT2D eigenvalue weighted by molar-refractivity contribution is -0.156. The van der Waals surface area contributed by atoms with Crippen molar-refractivity contribution >= 4 is 66.2 Å². The van der Waals surface area contributed by atoms with Gasteiger partial charge in [-0.15, -0.1) is 0 Å². The molecule has 3 amide bonds. The fraction of sp³-hybridized carbons (Fsp3) is 0.273. The van der Waals surface area contributed by atoms with Crippen molar-refractivity contribution in [1.29, 1.82) is 0 Å². The van der Waals surface area contributed by atoms with Crippen molar-refractivity contribution in [3.63, 3.8) is 0 Å². The Balaban J connectivity index is 1.47. The van der Waals surface area contributed by atoms with Crippen LogP contribution in [-0.4, -0.2) is 91.7 Å². The molecule has 0 spiro atoms. The van der Waals surface area contributed by atoms with E-state index in [0.717, 1.165) is 20.8 Å². The molecule has 4 aromatic carbocycles. The molecule has 2 fully saturated rings. The van der Waals surface area contributed by atoms with Gasteiger partial charge in [0.1, 0.15) is 24.4 Å². The molecule has 0 unspecified atom stereocenters. The Hall–Kier alpha value is -5.55. The van der Waals surface area contributed by atoms with E-state index in [1.54, 1.807) is 24.3 Å². The molecule has 2 heterocycles. The summed E-state index contributed by atoms with van der Waals surface area (Å²) in [4.78, 5) is 70.8. The third-order valence-electron chi connectivity index (χ3n) is 9.80. The molecule has 13 heteroatoms. The number of hydrogen-bond donors (Lipinski definition) is 0. The van der Waals surface area contributed by atoms with Gasteiger partial charge in [-0.1, -0.05) is 104 Å². The van der Waals surface area contributed by atoms with Crippen molar-refractivity contribution < 1.29 is 42.6 Å². The second-order valence-electron chi connectivity index (χ2n) is 14.7. The second kappa shape index (κ2) is 17.7. The molecule has 0 bridgehead atoms. The summed E-state index contributed by atoms with van der Waals surface area (Å²) >= 11 is 0. The van der Waals surface area contributed by atoms with Crippen LogP contribution >= 0.6 is 6.89 Å². The van der Waals surface area contributed by atoms with Crippen LogP contribution in [0.25, 0.3) is 0 Å². The standard InChI is InChI=1S/C44H47N2O9PSi/c1-6-27-52-43(50)42(56(34-16-10-7-11-17-34,35-18-12-8-13-19-35)36-20-14-9-15-21-36)46-37(40(41(46)49)31(2)55-57(3,4)5)29-38(47)32-22-24-33(25-23-32)54-30-39(48)45-26-28-53-44(45)51/h6-25,31,37,40H,1,26-30H2,2-5H3/t31-,37-,40-/m1/s1. The number of nitrogens with zero attached hydrogens (tertiary/aromatic N) is 2. The van der Waals surface area contributed by atoms with Gasteiger partial charge in [-0.3, -0.25) is 14.4 Å².